The Kier molecular flexibility index (Phi) is 6.15. The van der Waals surface area contributed by atoms with Gasteiger partial charge >= 0.3 is 0 Å². The molecule has 3 aromatic heterocycles. The minimum Gasteiger partial charge on any atom is -0.456 e. The lowest BCUT2D eigenvalue weighted by Gasteiger charge is -2.13. The zero-order chi connectivity index (χ0) is 34.2. The molecule has 242 valence electrons. The maximum atomic E-state index is 6.40. The molecule has 0 fully saturated rings. The van der Waals surface area contributed by atoms with Gasteiger partial charge in [0.15, 0.2) is 23.1 Å². The van der Waals surface area contributed by atoms with Crippen molar-refractivity contribution in [2.24, 2.45) is 0 Å². The Hall–Kier alpha value is -7.18. The molecule has 0 spiro atoms. The summed E-state index contributed by atoms with van der Waals surface area (Å²) in [6.45, 7) is 0. The van der Waals surface area contributed by atoms with Crippen molar-refractivity contribution < 1.29 is 8.83 Å². The molecule has 0 aliphatic rings. The van der Waals surface area contributed by atoms with Gasteiger partial charge < -0.3 is 8.83 Å². The first kappa shape index (κ1) is 28.6. The molecule has 8 aromatic carbocycles. The van der Waals surface area contributed by atoms with E-state index in [1.165, 1.54) is 26.9 Å². The quantitative estimate of drug-likeness (QED) is 0.174. The summed E-state index contributed by atoms with van der Waals surface area (Å²) in [6, 6.07) is 53.7. The van der Waals surface area contributed by atoms with Crippen LogP contribution in [-0.2, 0) is 0 Å². The molecule has 0 aliphatic carbocycles. The molecular weight excluding hydrogens is 641 g/mol. The molecule has 11 rings (SSSR count). The maximum absolute atomic E-state index is 6.40. The fourth-order valence-corrected chi connectivity index (χ4v) is 7.53. The second kappa shape index (κ2) is 11.2. The minimum atomic E-state index is 0.556. The highest BCUT2D eigenvalue weighted by Gasteiger charge is 2.20. The van der Waals surface area contributed by atoms with Crippen LogP contribution in [0, 0.1) is 0 Å². The molecule has 0 saturated carbocycles. The number of rotatable bonds is 4. The summed E-state index contributed by atoms with van der Waals surface area (Å²) in [5.41, 5.74) is 6.60. The van der Waals surface area contributed by atoms with Crippen LogP contribution in [0.4, 0.5) is 0 Å². The Morgan fingerprint density at radius 3 is 1.69 bits per heavy atom. The normalized spacial score (nSPS) is 11.8. The molecule has 0 amide bonds. The summed E-state index contributed by atoms with van der Waals surface area (Å²) in [5.74, 6) is 2.31. The van der Waals surface area contributed by atoms with Crippen molar-refractivity contribution in [2.45, 2.75) is 0 Å². The van der Waals surface area contributed by atoms with Gasteiger partial charge in [0.1, 0.15) is 16.7 Å². The van der Waals surface area contributed by atoms with Crippen LogP contribution in [0.15, 0.2) is 167 Å². The summed E-state index contributed by atoms with van der Waals surface area (Å²) >= 11 is 0. The summed E-state index contributed by atoms with van der Waals surface area (Å²) in [6.07, 6.45) is 0. The number of nitrogens with zero attached hydrogens (tertiary/aromatic N) is 4. The second-order valence-electron chi connectivity index (χ2n) is 13.0. The first-order chi connectivity index (χ1) is 25.7. The minimum absolute atomic E-state index is 0.556. The molecule has 0 bridgehead atoms. The van der Waals surface area contributed by atoms with Crippen LogP contribution in [0.5, 0.6) is 0 Å². The van der Waals surface area contributed by atoms with E-state index in [9.17, 15) is 0 Å². The van der Waals surface area contributed by atoms with E-state index in [1.54, 1.807) is 0 Å². The van der Waals surface area contributed by atoms with Crippen molar-refractivity contribution in [1.82, 2.24) is 19.9 Å². The van der Waals surface area contributed by atoms with Gasteiger partial charge in [-0.15, -0.1) is 0 Å². The van der Waals surface area contributed by atoms with Gasteiger partial charge in [-0.25, -0.2) is 19.9 Å². The van der Waals surface area contributed by atoms with Gasteiger partial charge in [-0.3, -0.25) is 0 Å². The number of furan rings is 1. The molecule has 6 nitrogen and oxygen atoms in total. The lowest BCUT2D eigenvalue weighted by Crippen LogP contribution is -2.00. The van der Waals surface area contributed by atoms with E-state index in [4.69, 9.17) is 28.8 Å². The van der Waals surface area contributed by atoms with Crippen molar-refractivity contribution >= 4 is 65.4 Å². The summed E-state index contributed by atoms with van der Waals surface area (Å²) in [7, 11) is 0. The predicted octanol–water partition coefficient (Wildman–Crippen LogP) is 12.0. The molecule has 6 heteroatoms. The van der Waals surface area contributed by atoms with Crippen LogP contribution < -0.4 is 0 Å². The highest BCUT2D eigenvalue weighted by atomic mass is 16.3. The molecule has 0 N–H and O–H groups in total. The van der Waals surface area contributed by atoms with E-state index in [2.05, 4.69) is 78.9 Å². The van der Waals surface area contributed by atoms with E-state index in [1.807, 2.05) is 78.9 Å². The smallest absolute Gasteiger partial charge is 0.227 e. The molecule has 11 aromatic rings. The van der Waals surface area contributed by atoms with E-state index in [0.717, 1.165) is 60.7 Å². The van der Waals surface area contributed by atoms with Crippen molar-refractivity contribution in [2.75, 3.05) is 0 Å². The monoisotopic (exact) mass is 666 g/mol. The Morgan fingerprint density at radius 2 is 0.923 bits per heavy atom. The third-order valence-corrected chi connectivity index (χ3v) is 9.95. The molecule has 0 unspecified atom stereocenters. The third kappa shape index (κ3) is 4.44. The number of fused-ring (bicyclic) bond motifs is 10. The maximum Gasteiger partial charge on any atom is 0.227 e. The second-order valence-corrected chi connectivity index (χ2v) is 13.0. The first-order valence-corrected chi connectivity index (χ1v) is 17.2. The molecule has 0 atom stereocenters. The highest BCUT2D eigenvalue weighted by Crippen LogP contribution is 2.40. The zero-order valence-electron chi connectivity index (χ0n) is 27.6. The molecule has 0 saturated heterocycles. The Morgan fingerprint density at radius 1 is 0.327 bits per heavy atom. The Balaban J connectivity index is 1.14. The topological polar surface area (TPSA) is 77.8 Å². The summed E-state index contributed by atoms with van der Waals surface area (Å²) in [4.78, 5) is 20.1. The summed E-state index contributed by atoms with van der Waals surface area (Å²) in [5, 5.41) is 9.08. The van der Waals surface area contributed by atoms with Gasteiger partial charge in [-0.2, -0.15) is 0 Å². The van der Waals surface area contributed by atoms with Crippen LogP contribution in [-0.4, -0.2) is 19.9 Å². The Bertz CT molecular complexity index is 3130. The van der Waals surface area contributed by atoms with E-state index in [-0.39, 0.29) is 0 Å². The Labute approximate surface area is 296 Å². The van der Waals surface area contributed by atoms with Crippen molar-refractivity contribution in [3.63, 3.8) is 0 Å². The molecule has 52 heavy (non-hydrogen) atoms. The zero-order valence-corrected chi connectivity index (χ0v) is 27.6. The number of hydrogen-bond acceptors (Lipinski definition) is 6. The van der Waals surface area contributed by atoms with Crippen LogP contribution >= 0.6 is 0 Å². The average molecular weight is 667 g/mol. The van der Waals surface area contributed by atoms with Crippen LogP contribution in [0.3, 0.4) is 0 Å². The summed E-state index contributed by atoms with van der Waals surface area (Å²) < 4.78 is 12.5. The van der Waals surface area contributed by atoms with Crippen molar-refractivity contribution in [3.05, 3.63) is 158 Å². The molecule has 3 heterocycles. The molecule has 0 radical (unpaired) electrons. The lowest BCUT2D eigenvalue weighted by atomic mass is 9.93. The van der Waals surface area contributed by atoms with E-state index in [0.29, 0.717) is 23.4 Å². The molecular formula is C46H26N4O2. The van der Waals surface area contributed by atoms with Crippen molar-refractivity contribution in [3.8, 4) is 45.6 Å². The SMILES string of the molecule is c1ccc(-c2nc(-c3ccc4c5ccccc5c5ccccc5c4c3)nc(-c3cccc4oc5ccc(-c6nc7ccccc7o6)cc5c34)n2)cc1. The predicted molar refractivity (Wildman–Crippen MR) is 209 cm³/mol. The van der Waals surface area contributed by atoms with Crippen molar-refractivity contribution in [1.29, 1.82) is 0 Å². The third-order valence-electron chi connectivity index (χ3n) is 9.95. The number of aromatic nitrogens is 4. The van der Waals surface area contributed by atoms with Gasteiger partial charge in [0, 0.05) is 33.0 Å². The highest BCUT2D eigenvalue weighted by molar-refractivity contribution is 6.25. The standard InChI is InChI=1S/C46H26N4O2/c1-2-11-27(12-3-1)43-48-44(28-21-23-34-32-15-5-4-13-30(32)31-14-6-7-16-33(31)36(34)25-28)50-45(49-43)35-17-10-20-41-42(35)37-26-29(22-24-39(37)51-41)46-47-38-18-8-9-19-40(38)52-46/h1-26H. The van der Waals surface area contributed by atoms with Gasteiger partial charge in [0.05, 0.1) is 0 Å². The van der Waals surface area contributed by atoms with Crippen LogP contribution in [0.1, 0.15) is 0 Å². The number of para-hydroxylation sites is 2. The van der Waals surface area contributed by atoms with Gasteiger partial charge in [0.25, 0.3) is 0 Å². The van der Waals surface area contributed by atoms with Gasteiger partial charge in [-0.05, 0) is 74.8 Å². The fourth-order valence-electron chi connectivity index (χ4n) is 7.53. The number of oxazole rings is 1. The fraction of sp³-hybridized carbons (Fsp3) is 0. The largest absolute Gasteiger partial charge is 0.456 e. The molecule has 0 aliphatic heterocycles. The van der Waals surface area contributed by atoms with E-state index < -0.39 is 0 Å². The van der Waals surface area contributed by atoms with E-state index >= 15 is 0 Å². The first-order valence-electron chi connectivity index (χ1n) is 17.2. The van der Waals surface area contributed by atoms with Gasteiger partial charge in [-0.1, -0.05) is 115 Å². The number of benzene rings is 8. The lowest BCUT2D eigenvalue weighted by molar-refractivity contribution is 0.620. The van der Waals surface area contributed by atoms with Crippen LogP contribution in [0.25, 0.3) is 111 Å². The van der Waals surface area contributed by atoms with Crippen LogP contribution in [0.2, 0.25) is 0 Å². The number of hydrogen-bond donors (Lipinski definition) is 0. The van der Waals surface area contributed by atoms with Gasteiger partial charge in [0.2, 0.25) is 5.89 Å². The average Bonchev–Trinajstić information content (AvgIpc) is 3.83.